The lowest BCUT2D eigenvalue weighted by molar-refractivity contribution is -0.142. The summed E-state index contributed by atoms with van der Waals surface area (Å²) in [7, 11) is 0. The van der Waals surface area contributed by atoms with E-state index in [0.717, 1.165) is 6.29 Å². The molecular weight excluding hydrogens is 242 g/mol. The molecule has 0 saturated heterocycles. The Labute approximate surface area is 106 Å². The monoisotopic (exact) mass is 261 g/mol. The zero-order valence-electron chi connectivity index (χ0n) is 9.89. The Morgan fingerprint density at radius 3 is 2.53 bits per heavy atom. The van der Waals surface area contributed by atoms with Crippen LogP contribution in [-0.2, 0) is 14.4 Å². The summed E-state index contributed by atoms with van der Waals surface area (Å²) < 4.78 is 0. The number of aliphatic carboxylic acids is 1. The number of amides is 1. The number of hydrogen-bond acceptors (Lipinski definition) is 4. The van der Waals surface area contributed by atoms with Gasteiger partial charge in [-0.15, -0.1) is 0 Å². The molecule has 6 heteroatoms. The number of carboxylic acids is 1. The zero-order chi connectivity index (χ0) is 13.3. The van der Waals surface area contributed by atoms with Gasteiger partial charge in [-0.25, -0.2) is 4.79 Å². The second kappa shape index (κ2) is 9.04. The number of carbonyl (C=O) groups excluding carboxylic acids is 2. The number of carboxylic acid groups (broad SMARTS) is 1. The lowest BCUT2D eigenvalue weighted by Gasteiger charge is -2.17. The Morgan fingerprint density at radius 2 is 2.06 bits per heavy atom. The molecule has 0 spiro atoms. The fourth-order valence-electron chi connectivity index (χ4n) is 1.30. The molecule has 0 aliphatic heterocycles. The van der Waals surface area contributed by atoms with Crippen LogP contribution in [-0.4, -0.2) is 35.1 Å². The lowest BCUT2D eigenvalue weighted by atomic mass is 10.1. The van der Waals surface area contributed by atoms with Crippen LogP contribution in [0.5, 0.6) is 0 Å². The van der Waals surface area contributed by atoms with Gasteiger partial charge in [-0.05, 0) is 25.0 Å². The van der Waals surface area contributed by atoms with Crippen LogP contribution in [0.15, 0.2) is 0 Å². The van der Waals surface area contributed by atoms with Gasteiger partial charge >= 0.3 is 5.97 Å². The first kappa shape index (κ1) is 16.0. The summed E-state index contributed by atoms with van der Waals surface area (Å²) in [5, 5.41) is 11.4. The van der Waals surface area contributed by atoms with Crippen LogP contribution in [0.4, 0.5) is 0 Å². The Kier molecular flexibility index (Phi) is 8.49. The minimum absolute atomic E-state index is 0.250. The van der Waals surface area contributed by atoms with Gasteiger partial charge in [0.15, 0.2) is 0 Å². The number of carbonyl (C=O) groups is 3. The van der Waals surface area contributed by atoms with Crippen molar-refractivity contribution in [3.63, 3.8) is 0 Å². The van der Waals surface area contributed by atoms with Crippen LogP contribution in [0.1, 0.15) is 32.6 Å². The number of rotatable bonds is 9. The highest BCUT2D eigenvalue weighted by atomic mass is 32.1. The first-order valence-corrected chi connectivity index (χ1v) is 6.23. The van der Waals surface area contributed by atoms with Gasteiger partial charge in [0.2, 0.25) is 5.91 Å². The first-order valence-electron chi connectivity index (χ1n) is 5.60. The fourth-order valence-corrected chi connectivity index (χ4v) is 1.69. The topological polar surface area (TPSA) is 83.5 Å². The molecule has 0 heterocycles. The van der Waals surface area contributed by atoms with E-state index in [9.17, 15) is 14.4 Å². The molecule has 2 N–H and O–H groups in total. The second-order valence-corrected chi connectivity index (χ2v) is 4.36. The first-order chi connectivity index (χ1) is 8.02. The third-order valence-corrected chi connectivity index (χ3v) is 2.70. The Morgan fingerprint density at radius 1 is 1.41 bits per heavy atom. The number of nitrogens with one attached hydrogen (secondary N) is 1. The van der Waals surface area contributed by atoms with Crippen LogP contribution in [0.2, 0.25) is 0 Å². The van der Waals surface area contributed by atoms with Crippen molar-refractivity contribution in [2.75, 3.05) is 5.75 Å². The highest BCUT2D eigenvalue weighted by molar-refractivity contribution is 7.80. The van der Waals surface area contributed by atoms with Gasteiger partial charge in [-0.1, -0.05) is 6.92 Å². The van der Waals surface area contributed by atoms with E-state index in [1.165, 1.54) is 0 Å². The summed E-state index contributed by atoms with van der Waals surface area (Å²) in [5.74, 6) is -1.02. The van der Waals surface area contributed by atoms with Crippen LogP contribution in [0.25, 0.3) is 0 Å². The molecule has 1 unspecified atom stereocenters. The summed E-state index contributed by atoms with van der Waals surface area (Å²) in [6.07, 6.45) is 2.39. The van der Waals surface area contributed by atoms with E-state index in [1.54, 1.807) is 6.92 Å². The van der Waals surface area contributed by atoms with Gasteiger partial charge < -0.3 is 15.2 Å². The summed E-state index contributed by atoms with van der Waals surface area (Å²) in [5.41, 5.74) is 0. The van der Waals surface area contributed by atoms with Crippen LogP contribution < -0.4 is 5.32 Å². The third-order valence-electron chi connectivity index (χ3n) is 2.44. The van der Waals surface area contributed by atoms with E-state index >= 15 is 0 Å². The van der Waals surface area contributed by atoms with Gasteiger partial charge in [0, 0.05) is 12.3 Å². The molecule has 0 aromatic carbocycles. The van der Waals surface area contributed by atoms with Crippen LogP contribution in [0, 0.1) is 5.92 Å². The van der Waals surface area contributed by atoms with E-state index in [-0.39, 0.29) is 18.2 Å². The van der Waals surface area contributed by atoms with E-state index < -0.39 is 12.0 Å². The molecule has 0 aliphatic rings. The predicted molar refractivity (Wildman–Crippen MR) is 67.1 cm³/mol. The molecule has 0 saturated carbocycles. The molecule has 5 nitrogen and oxygen atoms in total. The Hall–Kier alpha value is -1.04. The molecule has 0 radical (unpaired) electrons. The molecule has 0 rings (SSSR count). The summed E-state index contributed by atoms with van der Waals surface area (Å²) >= 11 is 4.02. The van der Waals surface area contributed by atoms with Crippen molar-refractivity contribution >= 4 is 30.8 Å². The SMILES string of the molecule is C[C@@H](CCS)C(=O)NC(CCCC=O)C(=O)O. The van der Waals surface area contributed by atoms with E-state index in [1.807, 2.05) is 0 Å². The molecule has 0 aliphatic carbocycles. The quantitative estimate of drug-likeness (QED) is 0.327. The van der Waals surface area contributed by atoms with Crippen LogP contribution >= 0.6 is 12.6 Å². The number of aldehydes is 1. The van der Waals surface area contributed by atoms with Crippen molar-refractivity contribution in [1.29, 1.82) is 0 Å². The van der Waals surface area contributed by atoms with Crippen molar-refractivity contribution in [2.45, 2.75) is 38.6 Å². The third kappa shape index (κ3) is 6.99. The second-order valence-electron chi connectivity index (χ2n) is 3.91. The Balaban J connectivity index is 4.19. The maximum atomic E-state index is 11.6. The smallest absolute Gasteiger partial charge is 0.326 e. The summed E-state index contributed by atoms with van der Waals surface area (Å²) in [6, 6.07) is -0.912. The minimum Gasteiger partial charge on any atom is -0.480 e. The molecule has 0 aromatic heterocycles. The van der Waals surface area contributed by atoms with Crippen molar-refractivity contribution in [3.05, 3.63) is 0 Å². The standard InChI is InChI=1S/C11H19NO4S/c1-8(5-7-17)10(14)12-9(11(15)16)4-2-3-6-13/h6,8-9,17H,2-5,7H2,1H3,(H,12,14)(H,15,16)/t8-,9?/m0/s1. The van der Waals surface area contributed by atoms with Gasteiger partial charge in [-0.3, -0.25) is 4.79 Å². The highest BCUT2D eigenvalue weighted by Crippen LogP contribution is 2.06. The van der Waals surface area contributed by atoms with Crippen molar-refractivity contribution < 1.29 is 19.5 Å². The maximum Gasteiger partial charge on any atom is 0.326 e. The molecule has 0 bridgehead atoms. The van der Waals surface area contributed by atoms with Crippen molar-refractivity contribution in [3.8, 4) is 0 Å². The molecule has 98 valence electrons. The molecular formula is C11H19NO4S. The van der Waals surface area contributed by atoms with Crippen molar-refractivity contribution in [1.82, 2.24) is 5.32 Å². The van der Waals surface area contributed by atoms with Gasteiger partial charge in [0.05, 0.1) is 0 Å². The molecule has 0 fully saturated rings. The fraction of sp³-hybridized carbons (Fsp3) is 0.727. The van der Waals surface area contributed by atoms with Crippen molar-refractivity contribution in [2.24, 2.45) is 5.92 Å². The molecule has 1 amide bonds. The predicted octanol–water partition coefficient (Wildman–Crippen LogP) is 0.881. The lowest BCUT2D eigenvalue weighted by Crippen LogP contribution is -2.43. The average molecular weight is 261 g/mol. The number of hydrogen-bond donors (Lipinski definition) is 3. The normalized spacial score (nSPS) is 13.8. The summed E-state index contributed by atoms with van der Waals surface area (Å²) in [4.78, 5) is 32.6. The zero-order valence-corrected chi connectivity index (χ0v) is 10.8. The van der Waals surface area contributed by atoms with Crippen LogP contribution in [0.3, 0.4) is 0 Å². The van der Waals surface area contributed by atoms with Gasteiger partial charge in [-0.2, -0.15) is 12.6 Å². The highest BCUT2D eigenvalue weighted by Gasteiger charge is 2.21. The summed E-state index contributed by atoms with van der Waals surface area (Å²) in [6.45, 7) is 1.73. The average Bonchev–Trinajstić information content (AvgIpc) is 2.27. The number of thiol groups is 1. The molecule has 0 aromatic rings. The largest absolute Gasteiger partial charge is 0.480 e. The van der Waals surface area contributed by atoms with Gasteiger partial charge in [0.1, 0.15) is 12.3 Å². The minimum atomic E-state index is -1.07. The number of unbranched alkanes of at least 4 members (excludes halogenated alkanes) is 1. The maximum absolute atomic E-state index is 11.6. The Bertz CT molecular complexity index is 270. The van der Waals surface area contributed by atoms with E-state index in [0.29, 0.717) is 25.0 Å². The van der Waals surface area contributed by atoms with E-state index in [2.05, 4.69) is 17.9 Å². The van der Waals surface area contributed by atoms with Gasteiger partial charge in [0.25, 0.3) is 0 Å². The van der Waals surface area contributed by atoms with E-state index in [4.69, 9.17) is 5.11 Å². The molecule has 17 heavy (non-hydrogen) atoms. The molecule has 2 atom stereocenters.